The van der Waals surface area contributed by atoms with Gasteiger partial charge in [-0.3, -0.25) is 4.79 Å². The van der Waals surface area contributed by atoms with Crippen LogP contribution in [0.5, 0.6) is 0 Å². The smallest absolute Gasteiger partial charge is 0.234 e. The van der Waals surface area contributed by atoms with Crippen molar-refractivity contribution < 1.29 is 13.9 Å². The maximum atomic E-state index is 12.9. The minimum Gasteiger partial charge on any atom is -0.378 e. The van der Waals surface area contributed by atoms with Crippen molar-refractivity contribution in [1.29, 1.82) is 0 Å². The molecule has 1 aliphatic rings. The van der Waals surface area contributed by atoms with Gasteiger partial charge in [0.2, 0.25) is 5.91 Å². The summed E-state index contributed by atoms with van der Waals surface area (Å²) in [5, 5.41) is 2.98. The van der Waals surface area contributed by atoms with E-state index >= 15 is 0 Å². The lowest BCUT2D eigenvalue weighted by Crippen LogP contribution is -2.36. The Kier molecular flexibility index (Phi) is 6.34. The molecule has 132 valence electrons. The Hall–Kier alpha value is -1.57. The molecule has 1 amide bonds. The zero-order valence-electron chi connectivity index (χ0n) is 13.5. The molecule has 25 heavy (non-hydrogen) atoms. The van der Waals surface area contributed by atoms with E-state index in [1.807, 2.05) is 18.2 Å². The average molecular weight is 425 g/mol. The zero-order chi connectivity index (χ0) is 17.6. The molecular weight excluding hydrogens is 407 g/mol. The molecule has 0 aromatic heterocycles. The largest absolute Gasteiger partial charge is 0.378 e. The number of anilines is 2. The second-order valence-electron chi connectivity index (χ2n) is 5.55. The maximum Gasteiger partial charge on any atom is 0.234 e. The molecule has 1 aliphatic heterocycles. The maximum absolute atomic E-state index is 12.9. The van der Waals surface area contributed by atoms with Crippen molar-refractivity contribution in [1.82, 2.24) is 0 Å². The molecule has 1 N–H and O–H groups in total. The zero-order valence-corrected chi connectivity index (χ0v) is 15.9. The van der Waals surface area contributed by atoms with Gasteiger partial charge in [-0.25, -0.2) is 4.39 Å². The third-order valence-electron chi connectivity index (χ3n) is 3.77. The van der Waals surface area contributed by atoms with Crippen LogP contribution >= 0.6 is 27.7 Å². The molecule has 7 heteroatoms. The molecule has 1 fully saturated rings. The number of hydrogen-bond donors (Lipinski definition) is 1. The molecule has 0 radical (unpaired) electrons. The number of benzene rings is 2. The van der Waals surface area contributed by atoms with E-state index in [1.54, 1.807) is 12.1 Å². The van der Waals surface area contributed by atoms with Crippen molar-refractivity contribution in [2.45, 2.75) is 4.90 Å². The van der Waals surface area contributed by atoms with E-state index in [4.69, 9.17) is 4.74 Å². The van der Waals surface area contributed by atoms with E-state index in [0.29, 0.717) is 13.2 Å². The first kappa shape index (κ1) is 18.2. The Morgan fingerprint density at radius 1 is 1.20 bits per heavy atom. The molecule has 0 aliphatic carbocycles. The summed E-state index contributed by atoms with van der Waals surface area (Å²) < 4.78 is 19.2. The SMILES string of the molecule is O=C(CSc1ccc(F)cc1)Nc1cc(Br)ccc1N1CCOCC1. The quantitative estimate of drug-likeness (QED) is 0.731. The Balaban J connectivity index is 1.65. The third-order valence-corrected chi connectivity index (χ3v) is 5.27. The van der Waals surface area contributed by atoms with E-state index in [9.17, 15) is 9.18 Å². The van der Waals surface area contributed by atoms with Gasteiger partial charge in [0, 0.05) is 22.5 Å². The fraction of sp³-hybridized carbons (Fsp3) is 0.278. The average Bonchev–Trinajstić information content (AvgIpc) is 2.62. The van der Waals surface area contributed by atoms with Crippen LogP contribution in [0.3, 0.4) is 0 Å². The van der Waals surface area contributed by atoms with Gasteiger partial charge in [0.1, 0.15) is 5.82 Å². The fourth-order valence-electron chi connectivity index (χ4n) is 2.55. The van der Waals surface area contributed by atoms with E-state index in [1.165, 1.54) is 23.9 Å². The summed E-state index contributed by atoms with van der Waals surface area (Å²) in [4.78, 5) is 15.4. The summed E-state index contributed by atoms with van der Waals surface area (Å²) in [7, 11) is 0. The minimum atomic E-state index is -0.280. The summed E-state index contributed by atoms with van der Waals surface area (Å²) in [5.74, 6) is -0.110. The lowest BCUT2D eigenvalue weighted by Gasteiger charge is -2.30. The molecule has 0 spiro atoms. The number of carbonyl (C=O) groups is 1. The molecular formula is C18H18BrFN2O2S. The van der Waals surface area contributed by atoms with Crippen molar-refractivity contribution in [3.8, 4) is 0 Å². The molecule has 2 aromatic rings. The van der Waals surface area contributed by atoms with Crippen LogP contribution in [0.25, 0.3) is 0 Å². The topological polar surface area (TPSA) is 41.6 Å². The van der Waals surface area contributed by atoms with Crippen molar-refractivity contribution in [3.63, 3.8) is 0 Å². The van der Waals surface area contributed by atoms with Gasteiger partial charge in [0.05, 0.1) is 30.3 Å². The Morgan fingerprint density at radius 3 is 2.64 bits per heavy atom. The van der Waals surface area contributed by atoms with Gasteiger partial charge < -0.3 is 15.0 Å². The highest BCUT2D eigenvalue weighted by molar-refractivity contribution is 9.10. The predicted octanol–water partition coefficient (Wildman–Crippen LogP) is 4.16. The lowest BCUT2D eigenvalue weighted by atomic mass is 10.2. The summed E-state index contributed by atoms with van der Waals surface area (Å²) in [6.07, 6.45) is 0. The van der Waals surface area contributed by atoms with Crippen LogP contribution < -0.4 is 10.2 Å². The molecule has 2 aromatic carbocycles. The van der Waals surface area contributed by atoms with Crippen LogP contribution in [-0.2, 0) is 9.53 Å². The Morgan fingerprint density at radius 2 is 1.92 bits per heavy atom. The van der Waals surface area contributed by atoms with Crippen LogP contribution in [-0.4, -0.2) is 38.0 Å². The van der Waals surface area contributed by atoms with Crippen LogP contribution in [0.2, 0.25) is 0 Å². The number of morpholine rings is 1. The summed E-state index contributed by atoms with van der Waals surface area (Å²) in [6, 6.07) is 12.0. The van der Waals surface area contributed by atoms with Crippen molar-refractivity contribution >= 4 is 45.0 Å². The minimum absolute atomic E-state index is 0.0954. The number of nitrogens with one attached hydrogen (secondary N) is 1. The van der Waals surface area contributed by atoms with Crippen LogP contribution in [0.15, 0.2) is 51.8 Å². The number of nitrogens with zero attached hydrogens (tertiary/aromatic N) is 1. The van der Waals surface area contributed by atoms with E-state index in [-0.39, 0.29) is 17.5 Å². The fourth-order valence-corrected chi connectivity index (χ4v) is 3.61. The number of carbonyl (C=O) groups excluding carboxylic acids is 1. The van der Waals surface area contributed by atoms with Crippen molar-refractivity contribution in [3.05, 3.63) is 52.8 Å². The van der Waals surface area contributed by atoms with E-state index in [2.05, 4.69) is 26.1 Å². The molecule has 0 saturated carbocycles. The second kappa shape index (κ2) is 8.69. The molecule has 0 unspecified atom stereocenters. The van der Waals surface area contributed by atoms with Crippen molar-refractivity contribution in [2.24, 2.45) is 0 Å². The number of halogens is 2. The van der Waals surface area contributed by atoms with Gasteiger partial charge in [-0.15, -0.1) is 11.8 Å². The molecule has 0 bridgehead atoms. The number of thioether (sulfide) groups is 1. The summed E-state index contributed by atoms with van der Waals surface area (Å²) >= 11 is 4.84. The third kappa shape index (κ3) is 5.20. The van der Waals surface area contributed by atoms with Gasteiger partial charge in [-0.05, 0) is 42.5 Å². The van der Waals surface area contributed by atoms with Gasteiger partial charge in [-0.1, -0.05) is 15.9 Å². The number of hydrogen-bond acceptors (Lipinski definition) is 4. The highest BCUT2D eigenvalue weighted by Crippen LogP contribution is 2.30. The molecule has 4 nitrogen and oxygen atoms in total. The predicted molar refractivity (Wildman–Crippen MR) is 103 cm³/mol. The number of amides is 1. The molecule has 1 saturated heterocycles. The monoisotopic (exact) mass is 424 g/mol. The van der Waals surface area contributed by atoms with Crippen LogP contribution in [0, 0.1) is 5.82 Å². The Bertz CT molecular complexity index is 736. The van der Waals surface area contributed by atoms with Gasteiger partial charge in [-0.2, -0.15) is 0 Å². The molecule has 1 heterocycles. The number of rotatable bonds is 5. The number of ether oxygens (including phenoxy) is 1. The highest BCUT2D eigenvalue weighted by atomic mass is 79.9. The second-order valence-corrected chi connectivity index (χ2v) is 7.52. The first-order chi connectivity index (χ1) is 12.1. The normalized spacial score (nSPS) is 14.4. The summed E-state index contributed by atoms with van der Waals surface area (Å²) in [6.45, 7) is 2.97. The lowest BCUT2D eigenvalue weighted by molar-refractivity contribution is -0.113. The van der Waals surface area contributed by atoms with Gasteiger partial charge in [0.15, 0.2) is 0 Å². The standard InChI is InChI=1S/C18H18BrFN2O2S/c19-13-1-6-17(22-7-9-24-10-8-22)16(11-13)21-18(23)12-25-15-4-2-14(20)3-5-15/h1-6,11H,7-10,12H2,(H,21,23). The first-order valence-corrected chi connectivity index (χ1v) is 9.70. The van der Waals surface area contributed by atoms with Crippen molar-refractivity contribution in [2.75, 3.05) is 42.3 Å². The molecule has 3 rings (SSSR count). The highest BCUT2D eigenvalue weighted by Gasteiger charge is 2.16. The van der Waals surface area contributed by atoms with Crippen LogP contribution in [0.4, 0.5) is 15.8 Å². The van der Waals surface area contributed by atoms with Gasteiger partial charge >= 0.3 is 0 Å². The summed E-state index contributed by atoms with van der Waals surface area (Å²) in [5.41, 5.74) is 1.77. The molecule has 0 atom stereocenters. The van der Waals surface area contributed by atoms with Crippen LogP contribution in [0.1, 0.15) is 0 Å². The van der Waals surface area contributed by atoms with E-state index in [0.717, 1.165) is 33.8 Å². The van der Waals surface area contributed by atoms with E-state index < -0.39 is 0 Å². The van der Waals surface area contributed by atoms with Gasteiger partial charge in [0.25, 0.3) is 0 Å². The first-order valence-electron chi connectivity index (χ1n) is 7.92. The Labute approximate surface area is 158 Å².